The molecule has 2 fully saturated rings. The molecule has 0 amide bonds. The lowest BCUT2D eigenvalue weighted by atomic mass is 9.86. The maximum Gasteiger partial charge on any atom is 0.416 e. The van der Waals surface area contributed by atoms with Gasteiger partial charge in [-0.05, 0) is 107 Å². The van der Waals surface area contributed by atoms with Crippen LogP contribution in [0.15, 0.2) is 42.5 Å². The highest BCUT2D eigenvalue weighted by Gasteiger charge is 2.43. The summed E-state index contributed by atoms with van der Waals surface area (Å²) in [6.45, 7) is 8.04. The minimum Gasteiger partial charge on any atom is -0.459 e. The molecule has 4 nitrogen and oxygen atoms in total. The van der Waals surface area contributed by atoms with Gasteiger partial charge in [0.2, 0.25) is 0 Å². The van der Waals surface area contributed by atoms with Crippen molar-refractivity contribution in [1.82, 2.24) is 4.90 Å². The lowest BCUT2D eigenvalue weighted by Gasteiger charge is -2.33. The fourth-order valence-corrected chi connectivity index (χ4v) is 6.11. The molecular weight excluding hydrogens is 567 g/mol. The number of carbonyl (C=O) groups excluding carboxylic acids is 1. The Balaban J connectivity index is 1.59. The van der Waals surface area contributed by atoms with E-state index in [1.807, 2.05) is 0 Å². The molecule has 4 rings (SSSR count). The molecule has 11 heteroatoms. The lowest BCUT2D eigenvalue weighted by Crippen LogP contribution is -2.43. The van der Waals surface area contributed by atoms with E-state index in [9.17, 15) is 35.5 Å². The minimum absolute atomic E-state index is 0.0528. The Kier molecular flexibility index (Phi) is 9.33. The van der Waals surface area contributed by atoms with Gasteiger partial charge in [-0.25, -0.2) is 4.39 Å². The number of esters is 1. The summed E-state index contributed by atoms with van der Waals surface area (Å²) in [5.74, 6) is -1.11. The van der Waals surface area contributed by atoms with Gasteiger partial charge in [-0.3, -0.25) is 9.69 Å². The van der Waals surface area contributed by atoms with Gasteiger partial charge in [-0.1, -0.05) is 12.1 Å². The zero-order valence-corrected chi connectivity index (χ0v) is 24.0. The second-order valence-electron chi connectivity index (χ2n) is 12.3. The second-order valence-corrected chi connectivity index (χ2v) is 12.3. The summed E-state index contributed by atoms with van der Waals surface area (Å²) in [6.07, 6.45) is -8.97. The zero-order chi connectivity index (χ0) is 31.0. The quantitative estimate of drug-likeness (QED) is 0.236. The van der Waals surface area contributed by atoms with Crippen molar-refractivity contribution >= 4 is 5.97 Å². The summed E-state index contributed by atoms with van der Waals surface area (Å²) >= 11 is 0. The second kappa shape index (κ2) is 12.1. The predicted molar refractivity (Wildman–Crippen MR) is 142 cm³/mol. The number of benzene rings is 2. The van der Waals surface area contributed by atoms with Crippen LogP contribution in [0.2, 0.25) is 0 Å². The van der Waals surface area contributed by atoms with Crippen LogP contribution in [0.3, 0.4) is 0 Å². The van der Waals surface area contributed by atoms with E-state index in [1.165, 1.54) is 19.1 Å². The largest absolute Gasteiger partial charge is 0.459 e. The topological polar surface area (TPSA) is 38.8 Å². The van der Waals surface area contributed by atoms with Crippen molar-refractivity contribution in [3.63, 3.8) is 0 Å². The monoisotopic (exact) mass is 603 g/mol. The summed E-state index contributed by atoms with van der Waals surface area (Å²) in [7, 11) is 0. The molecule has 2 aromatic carbocycles. The van der Waals surface area contributed by atoms with E-state index in [0.717, 1.165) is 12.0 Å². The number of rotatable bonds is 7. The Labute approximate surface area is 241 Å². The van der Waals surface area contributed by atoms with Gasteiger partial charge in [0.1, 0.15) is 17.5 Å². The van der Waals surface area contributed by atoms with Gasteiger partial charge in [0.15, 0.2) is 0 Å². The highest BCUT2D eigenvalue weighted by Crippen LogP contribution is 2.45. The molecule has 0 aromatic heterocycles. The third-order valence-corrected chi connectivity index (χ3v) is 7.96. The number of nitrogens with zero attached hydrogens (tertiary/aromatic N) is 1. The van der Waals surface area contributed by atoms with Gasteiger partial charge in [-0.2, -0.15) is 26.3 Å². The fraction of sp³-hybridized carbons (Fsp3) is 0.581. The van der Waals surface area contributed by atoms with Crippen LogP contribution in [-0.4, -0.2) is 41.7 Å². The van der Waals surface area contributed by atoms with Gasteiger partial charge >= 0.3 is 18.3 Å². The highest BCUT2D eigenvalue weighted by atomic mass is 19.4. The summed E-state index contributed by atoms with van der Waals surface area (Å²) in [5, 5.41) is 0. The van der Waals surface area contributed by atoms with E-state index in [1.54, 1.807) is 32.9 Å². The van der Waals surface area contributed by atoms with E-state index >= 15 is 0 Å². The number of hydrogen-bond acceptors (Lipinski definition) is 4. The molecule has 2 aliphatic rings. The van der Waals surface area contributed by atoms with Crippen LogP contribution in [0, 0.1) is 11.7 Å². The lowest BCUT2D eigenvalue weighted by molar-refractivity contribution is -0.160. The molecule has 0 spiro atoms. The Bertz CT molecular complexity index is 1200. The molecule has 1 saturated carbocycles. The van der Waals surface area contributed by atoms with E-state index in [0.29, 0.717) is 44.5 Å². The third-order valence-electron chi connectivity index (χ3n) is 7.96. The first-order valence-corrected chi connectivity index (χ1v) is 14.1. The maximum atomic E-state index is 13.8. The number of ether oxygens (including phenoxy) is 2. The highest BCUT2D eigenvalue weighted by molar-refractivity contribution is 5.76. The Hall–Kier alpha value is -2.66. The number of hydrogen-bond donors (Lipinski definition) is 0. The van der Waals surface area contributed by atoms with Crippen LogP contribution >= 0.6 is 0 Å². The predicted octanol–water partition coefficient (Wildman–Crippen LogP) is 8.31. The van der Waals surface area contributed by atoms with Crippen molar-refractivity contribution in [2.75, 3.05) is 13.1 Å². The first kappa shape index (κ1) is 32.3. The van der Waals surface area contributed by atoms with Crippen LogP contribution in [0.4, 0.5) is 30.7 Å². The summed E-state index contributed by atoms with van der Waals surface area (Å²) in [4.78, 5) is 15.0. The Morgan fingerprint density at radius 1 is 0.929 bits per heavy atom. The molecule has 1 saturated heterocycles. The standard InChI is InChI=1S/C31H36F7NO3/c1-18(21-14-22(30(33,34)35)16-23(15-21)31(36,37)38)41-26-12-9-20(27(26)19-7-10-24(32)11-8-19)17-39-13-5-6-25(39)28(40)42-29(2,3)4/h7-8,10-11,14-16,18,20,25-27H,5-6,9,12-13,17H2,1-4H3/t18-,20?,25+,26?,27?/m1/s1. The molecule has 1 heterocycles. The van der Waals surface area contributed by atoms with Gasteiger partial charge in [0.25, 0.3) is 0 Å². The number of halogens is 7. The summed E-state index contributed by atoms with van der Waals surface area (Å²) < 4.78 is 106. The van der Waals surface area contributed by atoms with Crippen LogP contribution in [0.1, 0.15) is 87.7 Å². The molecule has 5 atom stereocenters. The maximum absolute atomic E-state index is 13.8. The van der Waals surface area contributed by atoms with Crippen molar-refractivity contribution in [3.8, 4) is 0 Å². The summed E-state index contributed by atoms with van der Waals surface area (Å²) in [5.41, 5.74) is -2.92. The van der Waals surface area contributed by atoms with Crippen LogP contribution in [0.25, 0.3) is 0 Å². The molecule has 232 valence electrons. The normalized spacial score (nSPS) is 24.6. The summed E-state index contributed by atoms with van der Waals surface area (Å²) in [6, 6.07) is 6.94. The molecule has 3 unspecified atom stereocenters. The van der Waals surface area contributed by atoms with Crippen LogP contribution in [-0.2, 0) is 26.6 Å². The van der Waals surface area contributed by atoms with Crippen molar-refractivity contribution in [3.05, 3.63) is 70.5 Å². The van der Waals surface area contributed by atoms with Crippen LogP contribution in [0.5, 0.6) is 0 Å². The molecule has 0 N–H and O–H groups in total. The van der Waals surface area contributed by atoms with E-state index in [4.69, 9.17) is 9.47 Å². The van der Waals surface area contributed by atoms with E-state index in [2.05, 4.69) is 4.90 Å². The molecule has 42 heavy (non-hydrogen) atoms. The van der Waals surface area contributed by atoms with Crippen LogP contribution < -0.4 is 0 Å². The molecule has 1 aliphatic heterocycles. The van der Waals surface area contributed by atoms with Gasteiger partial charge < -0.3 is 9.47 Å². The Morgan fingerprint density at radius 2 is 1.52 bits per heavy atom. The average molecular weight is 604 g/mol. The average Bonchev–Trinajstić information content (AvgIpc) is 3.49. The Morgan fingerprint density at radius 3 is 2.07 bits per heavy atom. The van der Waals surface area contributed by atoms with Crippen molar-refractivity contribution < 1.29 is 45.0 Å². The first-order valence-electron chi connectivity index (χ1n) is 14.1. The molecule has 0 bridgehead atoms. The minimum atomic E-state index is -4.97. The zero-order valence-electron chi connectivity index (χ0n) is 24.0. The van der Waals surface area contributed by atoms with Crippen molar-refractivity contribution in [1.29, 1.82) is 0 Å². The molecule has 0 radical (unpaired) electrons. The fourth-order valence-electron chi connectivity index (χ4n) is 6.11. The van der Waals surface area contributed by atoms with E-state index < -0.39 is 53.1 Å². The van der Waals surface area contributed by atoms with Crippen molar-refractivity contribution in [2.24, 2.45) is 5.92 Å². The molecule has 2 aromatic rings. The smallest absolute Gasteiger partial charge is 0.416 e. The van der Waals surface area contributed by atoms with Gasteiger partial charge in [0.05, 0.1) is 23.3 Å². The third kappa shape index (κ3) is 7.83. The molecular formula is C31H36F7NO3. The number of likely N-dealkylation sites (tertiary alicyclic amines) is 1. The number of carbonyl (C=O) groups is 1. The number of alkyl halides is 6. The first-order chi connectivity index (χ1) is 19.4. The molecule has 1 aliphatic carbocycles. The van der Waals surface area contributed by atoms with Gasteiger partial charge in [0, 0.05) is 12.5 Å². The van der Waals surface area contributed by atoms with E-state index in [-0.39, 0.29) is 29.4 Å². The SMILES string of the molecule is C[C@@H](OC1CCC(CN2CCC[C@H]2C(=O)OC(C)(C)C)C1c1ccc(F)cc1)c1cc(C(F)(F)F)cc(C(F)(F)F)c1. The van der Waals surface area contributed by atoms with Gasteiger partial charge in [-0.15, -0.1) is 0 Å². The van der Waals surface area contributed by atoms with Crippen molar-refractivity contribution in [2.45, 2.75) is 95.5 Å².